The van der Waals surface area contributed by atoms with Crippen LogP contribution in [0.25, 0.3) is 16.6 Å². The number of halogens is 1. The van der Waals surface area contributed by atoms with Crippen molar-refractivity contribution in [2.45, 2.75) is 0 Å². The van der Waals surface area contributed by atoms with Crippen molar-refractivity contribution in [2.75, 3.05) is 13.2 Å². The van der Waals surface area contributed by atoms with E-state index in [1.54, 1.807) is 30.3 Å². The van der Waals surface area contributed by atoms with E-state index in [1.807, 2.05) is 24.3 Å². The van der Waals surface area contributed by atoms with E-state index < -0.39 is 18.3 Å². The van der Waals surface area contributed by atoms with Gasteiger partial charge in [-0.3, -0.25) is 0 Å². The summed E-state index contributed by atoms with van der Waals surface area (Å²) in [4.78, 5) is 19.0. The van der Waals surface area contributed by atoms with E-state index >= 15 is 0 Å². The van der Waals surface area contributed by atoms with Crippen LogP contribution in [0.5, 0.6) is 5.75 Å². The van der Waals surface area contributed by atoms with Crippen LogP contribution in [0.4, 0.5) is 0 Å². The van der Waals surface area contributed by atoms with Gasteiger partial charge in [-0.2, -0.15) is 5.26 Å². The first kappa shape index (κ1) is 18.5. The van der Waals surface area contributed by atoms with E-state index in [1.165, 1.54) is 0 Å². The molecule has 0 spiro atoms. The second kappa shape index (κ2) is 8.38. The smallest absolute Gasteiger partial charge is 0.344 e. The van der Waals surface area contributed by atoms with Crippen LogP contribution in [0.3, 0.4) is 0 Å². The lowest BCUT2D eigenvalue weighted by Crippen LogP contribution is -2.16. The lowest BCUT2D eigenvalue weighted by atomic mass is 10.2. The number of hydrogen-bond acceptors (Lipinski definition) is 6. The van der Waals surface area contributed by atoms with E-state index in [2.05, 4.69) is 25.9 Å². The van der Waals surface area contributed by atoms with Gasteiger partial charge in [-0.05, 0) is 30.3 Å². The van der Waals surface area contributed by atoms with Gasteiger partial charge >= 0.3 is 5.97 Å². The molecule has 0 radical (unpaired) electrons. The Balaban J connectivity index is 1.62. The number of nitrogens with zero attached hydrogens (tertiary/aromatic N) is 2. The average molecular weight is 428 g/mol. The Morgan fingerprint density at radius 2 is 2.04 bits per heavy atom. The lowest BCUT2D eigenvalue weighted by Gasteiger charge is -2.07. The van der Waals surface area contributed by atoms with E-state index in [9.17, 15) is 15.2 Å². The Hall–Kier alpha value is -3.31. The number of carbonyl (C=O) groups excluding carboxylic acids is 1. The molecule has 0 aliphatic carbocycles. The van der Waals surface area contributed by atoms with Gasteiger partial charge in [0.1, 0.15) is 24.0 Å². The fraction of sp³-hybridized carbons (Fsp3) is 0.105. The molecule has 0 saturated heterocycles. The first-order valence-corrected chi connectivity index (χ1v) is 8.67. The number of hydrogen-bond donors (Lipinski definition) is 2. The molecule has 0 unspecified atom stereocenters. The highest BCUT2D eigenvalue weighted by Gasteiger charge is 2.15. The largest absolute Gasteiger partial charge is 0.507 e. The molecule has 0 fully saturated rings. The SMILES string of the molecule is N#CC(=C(O)COC(=O)COc1cccc(Br)c1)c1nc2ccccc2[nH]1. The van der Waals surface area contributed by atoms with Crippen molar-refractivity contribution < 1.29 is 19.4 Å². The van der Waals surface area contributed by atoms with Crippen LogP contribution in [-0.2, 0) is 9.53 Å². The molecule has 1 heterocycles. The maximum atomic E-state index is 11.8. The molecule has 0 bridgehead atoms. The number of nitrogens with one attached hydrogen (secondary N) is 1. The van der Waals surface area contributed by atoms with Crippen molar-refractivity contribution in [2.24, 2.45) is 0 Å². The normalized spacial score (nSPS) is 11.6. The van der Waals surface area contributed by atoms with E-state index in [-0.39, 0.29) is 18.0 Å². The van der Waals surface area contributed by atoms with Gasteiger partial charge in [-0.25, -0.2) is 9.78 Å². The van der Waals surface area contributed by atoms with Gasteiger partial charge in [-0.1, -0.05) is 34.1 Å². The van der Waals surface area contributed by atoms with Crippen LogP contribution in [0.1, 0.15) is 5.82 Å². The minimum Gasteiger partial charge on any atom is -0.507 e. The van der Waals surface area contributed by atoms with Crippen LogP contribution in [0, 0.1) is 11.3 Å². The Kier molecular flexibility index (Phi) is 5.74. The predicted molar refractivity (Wildman–Crippen MR) is 102 cm³/mol. The third-order valence-corrected chi connectivity index (χ3v) is 4.04. The predicted octanol–water partition coefficient (Wildman–Crippen LogP) is 3.74. The molecule has 0 aliphatic heterocycles. The fourth-order valence-electron chi connectivity index (χ4n) is 2.29. The Labute approximate surface area is 163 Å². The van der Waals surface area contributed by atoms with E-state index in [4.69, 9.17) is 9.47 Å². The molecule has 3 aromatic rings. The van der Waals surface area contributed by atoms with Gasteiger partial charge in [0.2, 0.25) is 0 Å². The minimum atomic E-state index is -0.677. The van der Waals surface area contributed by atoms with Crippen molar-refractivity contribution in [1.29, 1.82) is 5.26 Å². The maximum Gasteiger partial charge on any atom is 0.344 e. The van der Waals surface area contributed by atoms with Gasteiger partial charge in [0.15, 0.2) is 18.2 Å². The number of aromatic nitrogens is 2. The summed E-state index contributed by atoms with van der Waals surface area (Å²) in [6, 6.07) is 16.1. The van der Waals surface area contributed by atoms with Crippen molar-refractivity contribution >= 4 is 38.5 Å². The standard InChI is InChI=1S/C19H14BrN3O4/c20-12-4-3-5-13(8-12)26-11-18(25)27-10-17(24)14(9-21)19-22-15-6-1-2-7-16(15)23-19/h1-8,24H,10-11H2,(H,22,23). The number of imidazole rings is 1. The zero-order valence-corrected chi connectivity index (χ0v) is 15.6. The molecule has 7 nitrogen and oxygen atoms in total. The highest BCUT2D eigenvalue weighted by molar-refractivity contribution is 9.10. The summed E-state index contributed by atoms with van der Waals surface area (Å²) in [5.74, 6) is -0.366. The monoisotopic (exact) mass is 427 g/mol. The molecule has 0 saturated carbocycles. The Bertz CT molecular complexity index is 1020. The molecular weight excluding hydrogens is 414 g/mol. The summed E-state index contributed by atoms with van der Waals surface area (Å²) in [5.41, 5.74) is 1.30. The van der Waals surface area contributed by atoms with Crippen LogP contribution >= 0.6 is 15.9 Å². The maximum absolute atomic E-state index is 11.8. The summed E-state index contributed by atoms with van der Waals surface area (Å²) in [6.07, 6.45) is 0. The molecule has 136 valence electrons. The average Bonchev–Trinajstić information content (AvgIpc) is 3.09. The first-order chi connectivity index (χ1) is 13.1. The number of allylic oxidation sites excluding steroid dienone is 1. The Morgan fingerprint density at radius 1 is 1.22 bits per heavy atom. The summed E-state index contributed by atoms with van der Waals surface area (Å²) >= 11 is 3.30. The number of para-hydroxylation sites is 2. The number of esters is 1. The number of ether oxygens (including phenoxy) is 2. The van der Waals surface area contributed by atoms with Crippen LogP contribution in [0.2, 0.25) is 0 Å². The molecule has 3 rings (SSSR count). The summed E-state index contributed by atoms with van der Waals surface area (Å²) in [6.45, 7) is -0.781. The molecule has 8 heteroatoms. The topological polar surface area (TPSA) is 108 Å². The van der Waals surface area contributed by atoms with Crippen molar-refractivity contribution in [3.8, 4) is 11.8 Å². The summed E-state index contributed by atoms with van der Waals surface area (Å²) < 4.78 is 11.1. The molecular formula is C19H14BrN3O4. The van der Waals surface area contributed by atoms with Crippen LogP contribution in [-0.4, -0.2) is 34.3 Å². The second-order valence-electron chi connectivity index (χ2n) is 5.44. The summed E-state index contributed by atoms with van der Waals surface area (Å²) in [5, 5.41) is 19.5. The third-order valence-electron chi connectivity index (χ3n) is 3.55. The van der Waals surface area contributed by atoms with Gasteiger partial charge in [0, 0.05) is 4.47 Å². The number of aliphatic hydroxyl groups is 1. The minimum absolute atomic E-state index is 0.0908. The number of nitriles is 1. The van der Waals surface area contributed by atoms with Crippen molar-refractivity contribution in [3.05, 3.63) is 64.6 Å². The molecule has 0 atom stereocenters. The highest BCUT2D eigenvalue weighted by atomic mass is 79.9. The van der Waals surface area contributed by atoms with E-state index in [0.29, 0.717) is 11.3 Å². The second-order valence-corrected chi connectivity index (χ2v) is 6.36. The summed E-state index contributed by atoms with van der Waals surface area (Å²) in [7, 11) is 0. The molecule has 0 amide bonds. The first-order valence-electron chi connectivity index (χ1n) is 7.88. The molecule has 1 aromatic heterocycles. The number of aliphatic hydroxyl groups excluding tert-OH is 1. The van der Waals surface area contributed by atoms with Crippen LogP contribution < -0.4 is 4.74 Å². The number of aromatic amines is 1. The zero-order valence-electron chi connectivity index (χ0n) is 14.0. The van der Waals surface area contributed by atoms with Crippen molar-refractivity contribution in [1.82, 2.24) is 9.97 Å². The van der Waals surface area contributed by atoms with Gasteiger partial charge in [0.05, 0.1) is 11.0 Å². The van der Waals surface area contributed by atoms with Crippen molar-refractivity contribution in [3.63, 3.8) is 0 Å². The lowest BCUT2D eigenvalue weighted by molar-refractivity contribution is -0.145. The van der Waals surface area contributed by atoms with Gasteiger partial charge < -0.3 is 19.6 Å². The van der Waals surface area contributed by atoms with Crippen LogP contribution in [0.15, 0.2) is 58.8 Å². The number of rotatable bonds is 6. The molecule has 27 heavy (non-hydrogen) atoms. The molecule has 2 aromatic carbocycles. The molecule has 2 N–H and O–H groups in total. The van der Waals surface area contributed by atoms with E-state index in [0.717, 1.165) is 9.99 Å². The fourth-order valence-corrected chi connectivity index (χ4v) is 2.67. The van der Waals surface area contributed by atoms with Gasteiger partial charge in [-0.15, -0.1) is 0 Å². The quantitative estimate of drug-likeness (QED) is 0.352. The number of fused-ring (bicyclic) bond motifs is 1. The Morgan fingerprint density at radius 3 is 2.78 bits per heavy atom. The third kappa shape index (κ3) is 4.65. The molecule has 0 aliphatic rings. The van der Waals surface area contributed by atoms with Gasteiger partial charge in [0.25, 0.3) is 0 Å². The number of carbonyl (C=O) groups is 1. The number of benzene rings is 2. The highest BCUT2D eigenvalue weighted by Crippen LogP contribution is 2.19. The number of H-pyrrole nitrogens is 1. The zero-order chi connectivity index (χ0) is 19.2.